The van der Waals surface area contributed by atoms with Crippen LogP contribution in [-0.4, -0.2) is 76.9 Å². The number of benzene rings is 1. The van der Waals surface area contributed by atoms with Crippen LogP contribution in [0.5, 0.6) is 0 Å². The van der Waals surface area contributed by atoms with Crippen molar-refractivity contribution in [3.05, 3.63) is 48.2 Å². The first-order valence-corrected chi connectivity index (χ1v) is 11.9. The van der Waals surface area contributed by atoms with Gasteiger partial charge in [-0.3, -0.25) is 4.79 Å². The molecule has 1 aliphatic rings. The summed E-state index contributed by atoms with van der Waals surface area (Å²) in [5, 5.41) is 10.6. The van der Waals surface area contributed by atoms with Crippen molar-refractivity contribution in [3.8, 4) is 17.2 Å². The molecule has 3 aromatic rings. The van der Waals surface area contributed by atoms with E-state index in [4.69, 9.17) is 14.2 Å². The minimum atomic E-state index is -0.589. The smallest absolute Gasteiger partial charge is 0.227 e. The second kappa shape index (κ2) is 12.5. The van der Waals surface area contributed by atoms with Crippen molar-refractivity contribution in [1.82, 2.24) is 30.0 Å². The van der Waals surface area contributed by atoms with Gasteiger partial charge in [0.2, 0.25) is 11.9 Å². The molecule has 0 bridgehead atoms. The Bertz CT molecular complexity index is 1130. The van der Waals surface area contributed by atoms with Crippen LogP contribution in [-0.2, 0) is 25.4 Å². The first-order valence-electron chi connectivity index (χ1n) is 11.9. The molecule has 2 N–H and O–H groups in total. The van der Waals surface area contributed by atoms with Crippen LogP contribution in [0.2, 0.25) is 0 Å². The first kappa shape index (κ1) is 25.6. The summed E-state index contributed by atoms with van der Waals surface area (Å²) in [6, 6.07) is 7.67. The van der Waals surface area contributed by atoms with Crippen LogP contribution in [0.15, 0.2) is 36.5 Å². The average molecular weight is 500 g/mol. The van der Waals surface area contributed by atoms with E-state index in [2.05, 4.69) is 30.7 Å². The number of anilines is 1. The van der Waals surface area contributed by atoms with E-state index in [0.29, 0.717) is 48.7 Å². The Kier molecular flexibility index (Phi) is 8.87. The van der Waals surface area contributed by atoms with E-state index in [1.807, 2.05) is 6.92 Å². The van der Waals surface area contributed by atoms with Gasteiger partial charge in [-0.05, 0) is 36.8 Å². The zero-order chi connectivity index (χ0) is 25.3. The zero-order valence-electron chi connectivity index (χ0n) is 20.3. The maximum atomic E-state index is 13.6. The van der Waals surface area contributed by atoms with Crippen molar-refractivity contribution in [1.29, 1.82) is 0 Å². The molecule has 36 heavy (non-hydrogen) atoms. The van der Waals surface area contributed by atoms with Crippen molar-refractivity contribution >= 4 is 11.9 Å². The van der Waals surface area contributed by atoms with Crippen LogP contribution in [0.3, 0.4) is 0 Å². The maximum absolute atomic E-state index is 13.6. The van der Waals surface area contributed by atoms with Gasteiger partial charge in [-0.1, -0.05) is 6.92 Å². The van der Waals surface area contributed by atoms with Gasteiger partial charge >= 0.3 is 0 Å². The second-order valence-corrected chi connectivity index (χ2v) is 8.21. The molecular weight excluding hydrogens is 469 g/mol. The highest BCUT2D eigenvalue weighted by atomic mass is 19.1. The van der Waals surface area contributed by atoms with Gasteiger partial charge in [0.25, 0.3) is 0 Å². The predicted octanol–water partition coefficient (Wildman–Crippen LogP) is 1.98. The summed E-state index contributed by atoms with van der Waals surface area (Å²) >= 11 is 0. The Labute approximate surface area is 208 Å². The van der Waals surface area contributed by atoms with E-state index >= 15 is 0 Å². The number of halogens is 1. The van der Waals surface area contributed by atoms with E-state index in [-0.39, 0.29) is 37.3 Å². The Balaban J connectivity index is 1.52. The minimum absolute atomic E-state index is 0.0741. The zero-order valence-corrected chi connectivity index (χ0v) is 20.3. The van der Waals surface area contributed by atoms with Crippen LogP contribution in [0.4, 0.5) is 10.3 Å². The Hall–Kier alpha value is -3.48. The number of methoxy groups -OCH3 is 1. The maximum Gasteiger partial charge on any atom is 0.227 e. The van der Waals surface area contributed by atoms with Crippen molar-refractivity contribution < 1.29 is 23.4 Å². The van der Waals surface area contributed by atoms with Crippen molar-refractivity contribution in [2.75, 3.05) is 45.3 Å². The molecule has 0 spiro atoms. The summed E-state index contributed by atoms with van der Waals surface area (Å²) in [5.74, 6) is 0.565. The normalized spacial score (nSPS) is 17.6. The quantitative estimate of drug-likeness (QED) is 0.381. The summed E-state index contributed by atoms with van der Waals surface area (Å²) in [6.07, 6.45) is 2.17. The third-order valence-electron chi connectivity index (χ3n) is 5.43. The molecule has 1 aromatic carbocycles. The third-order valence-corrected chi connectivity index (χ3v) is 5.43. The molecule has 2 aromatic heterocycles. The molecular formula is C24H30FN7O4. The summed E-state index contributed by atoms with van der Waals surface area (Å²) in [4.78, 5) is 25.6. The molecule has 1 saturated heterocycles. The molecule has 11 nitrogen and oxygen atoms in total. The van der Waals surface area contributed by atoms with Gasteiger partial charge in [0.1, 0.15) is 11.5 Å². The molecule has 1 fully saturated rings. The number of nitrogens with one attached hydrogen (secondary N) is 2. The molecule has 3 heterocycles. The number of carbonyl (C=O) groups excluding carboxylic acids is 1. The topological polar surface area (TPSA) is 125 Å². The fourth-order valence-corrected chi connectivity index (χ4v) is 3.56. The van der Waals surface area contributed by atoms with Crippen molar-refractivity contribution in [3.63, 3.8) is 0 Å². The lowest BCUT2D eigenvalue weighted by Crippen LogP contribution is -2.42. The summed E-state index contributed by atoms with van der Waals surface area (Å²) < 4.78 is 31.8. The number of nitrogens with zero attached hydrogens (tertiary/aromatic N) is 5. The molecule has 0 aliphatic carbocycles. The first-order chi connectivity index (χ1) is 17.6. The van der Waals surface area contributed by atoms with Crippen molar-refractivity contribution in [2.45, 2.75) is 26.1 Å². The van der Waals surface area contributed by atoms with Crippen LogP contribution >= 0.6 is 0 Å². The molecule has 192 valence electrons. The predicted molar refractivity (Wildman–Crippen MR) is 129 cm³/mol. The van der Waals surface area contributed by atoms with E-state index in [0.717, 1.165) is 6.42 Å². The highest BCUT2D eigenvalue weighted by Gasteiger charge is 2.29. The van der Waals surface area contributed by atoms with Gasteiger partial charge in [0.05, 0.1) is 37.8 Å². The monoisotopic (exact) mass is 499 g/mol. The summed E-state index contributed by atoms with van der Waals surface area (Å²) in [7, 11) is 1.62. The number of aromatic nitrogens is 5. The molecule has 12 heteroatoms. The van der Waals surface area contributed by atoms with Gasteiger partial charge < -0.3 is 24.8 Å². The number of rotatable bonds is 11. The minimum Gasteiger partial charge on any atom is -0.383 e. The van der Waals surface area contributed by atoms with Crippen LogP contribution in [0.25, 0.3) is 17.2 Å². The molecule has 0 atom stereocenters. The lowest BCUT2D eigenvalue weighted by Gasteiger charge is -2.28. The molecule has 0 radical (unpaired) electrons. The van der Waals surface area contributed by atoms with Gasteiger partial charge in [0, 0.05) is 26.4 Å². The number of ether oxygens (including phenoxy) is 3. The standard InChI is InChI=1S/C24H30FN7O4/c1-3-9-26-23(33)16-14-35-21(36-15-16)13-20-30-22(32(31-20)18-6-4-17(25)5-7-18)19-8-10-27-24(29-19)28-11-12-34-2/h4-8,10,16,21H,3,9,11-15H2,1-2H3,(H,26,33)(H,27,28,29). The molecule has 0 unspecified atom stereocenters. The Morgan fingerprint density at radius 1 is 1.17 bits per heavy atom. The number of hydrogen-bond donors (Lipinski definition) is 2. The highest BCUT2D eigenvalue weighted by Crippen LogP contribution is 2.22. The molecule has 1 aliphatic heterocycles. The number of amides is 1. The SMILES string of the molecule is CCCNC(=O)C1COC(Cc2nc(-c3ccnc(NCCOC)n3)n(-c3ccc(F)cc3)n2)OC1. The summed E-state index contributed by atoms with van der Waals surface area (Å²) in [5.41, 5.74) is 1.15. The number of carbonyl (C=O) groups is 1. The van der Waals surface area contributed by atoms with Gasteiger partial charge in [0.15, 0.2) is 17.9 Å². The van der Waals surface area contributed by atoms with Gasteiger partial charge in [-0.15, -0.1) is 0 Å². The molecule has 4 rings (SSSR count). The van der Waals surface area contributed by atoms with Crippen LogP contribution in [0, 0.1) is 11.7 Å². The lowest BCUT2D eigenvalue weighted by molar-refractivity contribution is -0.200. The second-order valence-electron chi connectivity index (χ2n) is 8.21. The van der Waals surface area contributed by atoms with E-state index < -0.39 is 6.29 Å². The third kappa shape index (κ3) is 6.59. The molecule has 1 amide bonds. The van der Waals surface area contributed by atoms with E-state index in [9.17, 15) is 9.18 Å². The van der Waals surface area contributed by atoms with Gasteiger partial charge in [-0.25, -0.2) is 24.0 Å². The summed E-state index contributed by atoms with van der Waals surface area (Å²) in [6.45, 7) is 4.19. The van der Waals surface area contributed by atoms with Gasteiger partial charge in [-0.2, -0.15) is 5.10 Å². The van der Waals surface area contributed by atoms with E-state index in [1.165, 1.54) is 12.1 Å². The fourth-order valence-electron chi connectivity index (χ4n) is 3.56. The average Bonchev–Trinajstić information content (AvgIpc) is 3.32. The fraction of sp³-hybridized carbons (Fsp3) is 0.458. The highest BCUT2D eigenvalue weighted by molar-refractivity contribution is 5.78. The van der Waals surface area contributed by atoms with Crippen LogP contribution < -0.4 is 10.6 Å². The number of hydrogen-bond acceptors (Lipinski definition) is 9. The van der Waals surface area contributed by atoms with Crippen LogP contribution in [0.1, 0.15) is 19.2 Å². The largest absolute Gasteiger partial charge is 0.383 e. The molecule has 0 saturated carbocycles. The Morgan fingerprint density at radius 2 is 1.94 bits per heavy atom. The lowest BCUT2D eigenvalue weighted by atomic mass is 10.1. The van der Waals surface area contributed by atoms with E-state index in [1.54, 1.807) is 36.2 Å². The Morgan fingerprint density at radius 3 is 2.67 bits per heavy atom. The van der Waals surface area contributed by atoms with Crippen molar-refractivity contribution in [2.24, 2.45) is 5.92 Å².